The van der Waals surface area contributed by atoms with Crippen LogP contribution in [0.1, 0.15) is 25.7 Å². The lowest BCUT2D eigenvalue weighted by Gasteiger charge is -2.35. The molecule has 3 saturated carbocycles. The third kappa shape index (κ3) is 5.49. The van der Waals surface area contributed by atoms with Crippen molar-refractivity contribution in [3.8, 4) is 5.75 Å². The summed E-state index contributed by atoms with van der Waals surface area (Å²) in [6.07, 6.45) is -3.07. The molecule has 0 N–H and O–H groups in total. The van der Waals surface area contributed by atoms with Gasteiger partial charge in [0.2, 0.25) is 5.90 Å². The average molecular weight is 463 g/mol. The highest BCUT2D eigenvalue weighted by molar-refractivity contribution is 6.30. The molecule has 2 atom stereocenters. The van der Waals surface area contributed by atoms with Crippen LogP contribution in [0, 0.1) is 35.4 Å². The minimum absolute atomic E-state index is 0.0668. The minimum Gasteiger partial charge on any atom is -0.493 e. The SMILES string of the molecule is C=N/N=C(\OCC1C2CC(COc3ccc(Cl)c(F)c3)CC12)C1CC(OC(F)(F)F)C1. The van der Waals surface area contributed by atoms with Crippen LogP contribution < -0.4 is 4.74 Å². The van der Waals surface area contributed by atoms with E-state index in [1.165, 1.54) is 12.1 Å². The molecule has 170 valence electrons. The van der Waals surface area contributed by atoms with Gasteiger partial charge in [-0.15, -0.1) is 18.3 Å². The maximum atomic E-state index is 13.5. The molecular weight excluding hydrogens is 440 g/mol. The van der Waals surface area contributed by atoms with Gasteiger partial charge in [0.05, 0.1) is 24.3 Å². The number of fused-ring (bicyclic) bond motifs is 1. The van der Waals surface area contributed by atoms with Gasteiger partial charge in [-0.1, -0.05) is 11.6 Å². The molecule has 0 saturated heterocycles. The zero-order valence-electron chi connectivity index (χ0n) is 16.7. The van der Waals surface area contributed by atoms with E-state index in [1.54, 1.807) is 6.07 Å². The highest BCUT2D eigenvalue weighted by atomic mass is 35.5. The molecule has 10 heteroatoms. The fourth-order valence-corrected chi connectivity index (χ4v) is 4.90. The maximum absolute atomic E-state index is 13.5. The van der Waals surface area contributed by atoms with Crippen molar-refractivity contribution >= 4 is 24.2 Å². The monoisotopic (exact) mass is 462 g/mol. The van der Waals surface area contributed by atoms with E-state index in [0.717, 1.165) is 12.8 Å². The standard InChI is InChI=1S/C21H23ClF4N2O3/c1-27-28-20(12-6-14(7-12)31-21(24,25)26)30-10-17-15-4-11(5-16(15)17)9-29-13-2-3-18(22)19(23)8-13/h2-3,8,11-12,14-17H,1,4-7,9-10H2/b28-20-. The van der Waals surface area contributed by atoms with Crippen LogP contribution in [0.3, 0.4) is 0 Å². The van der Waals surface area contributed by atoms with Gasteiger partial charge in [0, 0.05) is 18.7 Å². The zero-order chi connectivity index (χ0) is 22.2. The Bertz CT molecular complexity index is 832. The predicted octanol–water partition coefficient (Wildman–Crippen LogP) is 5.48. The number of hydrogen-bond donors (Lipinski definition) is 0. The Hall–Kier alpha value is -1.87. The lowest BCUT2D eigenvalue weighted by Crippen LogP contribution is -2.40. The molecule has 1 aromatic rings. The minimum atomic E-state index is -4.63. The summed E-state index contributed by atoms with van der Waals surface area (Å²) < 4.78 is 65.8. The van der Waals surface area contributed by atoms with Crippen molar-refractivity contribution in [3.05, 3.63) is 29.0 Å². The summed E-state index contributed by atoms with van der Waals surface area (Å²) in [4.78, 5) is 0. The van der Waals surface area contributed by atoms with E-state index in [0.29, 0.717) is 48.5 Å². The van der Waals surface area contributed by atoms with Gasteiger partial charge < -0.3 is 9.47 Å². The summed E-state index contributed by atoms with van der Waals surface area (Å²) in [6.45, 7) is 4.31. The molecule has 5 nitrogen and oxygen atoms in total. The first-order chi connectivity index (χ1) is 14.7. The Kier molecular flexibility index (Phi) is 6.44. The smallest absolute Gasteiger partial charge is 0.493 e. The molecular formula is C21H23ClF4N2O3. The molecule has 3 aliphatic carbocycles. The fraction of sp³-hybridized carbons (Fsp3) is 0.619. The molecule has 2 unspecified atom stereocenters. The molecule has 1 aromatic carbocycles. The quantitative estimate of drug-likeness (QED) is 0.222. The lowest BCUT2D eigenvalue weighted by molar-refractivity contribution is -0.352. The summed E-state index contributed by atoms with van der Waals surface area (Å²) in [5.41, 5.74) is 0. The Morgan fingerprint density at radius 3 is 2.45 bits per heavy atom. The first-order valence-electron chi connectivity index (χ1n) is 10.2. The molecule has 0 aliphatic heterocycles. The van der Waals surface area contributed by atoms with Gasteiger partial charge in [-0.2, -0.15) is 5.10 Å². The molecule has 3 fully saturated rings. The number of ether oxygens (including phenoxy) is 3. The van der Waals surface area contributed by atoms with Gasteiger partial charge in [-0.05, 0) is 61.5 Å². The van der Waals surface area contributed by atoms with Crippen molar-refractivity contribution in [3.63, 3.8) is 0 Å². The van der Waals surface area contributed by atoms with Gasteiger partial charge >= 0.3 is 6.36 Å². The zero-order valence-corrected chi connectivity index (χ0v) is 17.4. The van der Waals surface area contributed by atoms with Crippen molar-refractivity contribution in [2.45, 2.75) is 38.1 Å². The summed E-state index contributed by atoms with van der Waals surface area (Å²) in [5.74, 6) is 1.96. The van der Waals surface area contributed by atoms with Gasteiger partial charge in [0.1, 0.15) is 11.6 Å². The molecule has 0 spiro atoms. The molecule has 0 aromatic heterocycles. The van der Waals surface area contributed by atoms with Crippen LogP contribution in [0.15, 0.2) is 28.4 Å². The van der Waals surface area contributed by atoms with Gasteiger partial charge in [-0.3, -0.25) is 4.74 Å². The van der Waals surface area contributed by atoms with Crippen molar-refractivity contribution in [2.24, 2.45) is 39.8 Å². The van der Waals surface area contributed by atoms with Crippen molar-refractivity contribution in [2.75, 3.05) is 13.2 Å². The second-order valence-corrected chi connectivity index (χ2v) is 8.87. The number of alkyl halides is 3. The highest BCUT2D eigenvalue weighted by Gasteiger charge is 2.56. The van der Waals surface area contributed by atoms with E-state index in [2.05, 4.69) is 21.7 Å². The topological polar surface area (TPSA) is 52.4 Å². The highest BCUT2D eigenvalue weighted by Crippen LogP contribution is 2.59. The van der Waals surface area contributed by atoms with E-state index in [4.69, 9.17) is 21.1 Å². The number of hydrogen-bond acceptors (Lipinski definition) is 5. The normalized spacial score (nSPS) is 32.2. The first-order valence-corrected chi connectivity index (χ1v) is 10.6. The summed E-state index contributed by atoms with van der Waals surface area (Å²) in [7, 11) is 0. The van der Waals surface area contributed by atoms with E-state index in [1.807, 2.05) is 0 Å². The van der Waals surface area contributed by atoms with Crippen LogP contribution in [-0.4, -0.2) is 38.3 Å². The largest absolute Gasteiger partial charge is 0.522 e. The van der Waals surface area contributed by atoms with Crippen LogP contribution in [0.4, 0.5) is 17.6 Å². The number of benzene rings is 1. The van der Waals surface area contributed by atoms with E-state index < -0.39 is 18.3 Å². The molecule has 3 aliphatic rings. The summed E-state index contributed by atoms with van der Waals surface area (Å²) in [5, 5.41) is 7.42. The van der Waals surface area contributed by atoms with E-state index >= 15 is 0 Å². The number of nitrogens with zero attached hydrogens (tertiary/aromatic N) is 2. The molecule has 31 heavy (non-hydrogen) atoms. The van der Waals surface area contributed by atoms with Crippen LogP contribution in [0.25, 0.3) is 0 Å². The van der Waals surface area contributed by atoms with Crippen LogP contribution in [-0.2, 0) is 9.47 Å². The molecule has 0 amide bonds. The Balaban J connectivity index is 1.17. The fourth-order valence-electron chi connectivity index (χ4n) is 4.79. The van der Waals surface area contributed by atoms with Crippen LogP contribution in [0.5, 0.6) is 5.75 Å². The van der Waals surface area contributed by atoms with Crippen molar-refractivity contribution < 1.29 is 31.8 Å². The summed E-state index contributed by atoms with van der Waals surface area (Å²) in [6, 6.07) is 4.41. The Morgan fingerprint density at radius 2 is 1.84 bits per heavy atom. The van der Waals surface area contributed by atoms with Crippen LogP contribution >= 0.6 is 11.6 Å². The third-order valence-corrected chi connectivity index (χ3v) is 6.74. The third-order valence-electron chi connectivity index (χ3n) is 6.43. The first kappa shape index (κ1) is 22.3. The van der Waals surface area contributed by atoms with Crippen molar-refractivity contribution in [1.82, 2.24) is 0 Å². The van der Waals surface area contributed by atoms with E-state index in [-0.39, 0.29) is 23.8 Å². The van der Waals surface area contributed by atoms with Crippen LogP contribution in [0.2, 0.25) is 5.02 Å². The number of halogens is 5. The maximum Gasteiger partial charge on any atom is 0.522 e. The molecule has 4 rings (SSSR count). The Labute approximate surface area is 182 Å². The summed E-state index contributed by atoms with van der Waals surface area (Å²) >= 11 is 5.67. The Morgan fingerprint density at radius 1 is 1.13 bits per heavy atom. The average Bonchev–Trinajstić information content (AvgIpc) is 3.12. The van der Waals surface area contributed by atoms with Gasteiger partial charge in [0.25, 0.3) is 0 Å². The second kappa shape index (κ2) is 8.94. The second-order valence-electron chi connectivity index (χ2n) is 8.46. The molecule has 0 bridgehead atoms. The lowest BCUT2D eigenvalue weighted by atomic mass is 9.82. The van der Waals surface area contributed by atoms with E-state index in [9.17, 15) is 17.6 Å². The van der Waals surface area contributed by atoms with Crippen molar-refractivity contribution in [1.29, 1.82) is 0 Å². The van der Waals surface area contributed by atoms with Gasteiger partial charge in [0.15, 0.2) is 0 Å². The molecule has 0 heterocycles. The number of rotatable bonds is 8. The van der Waals surface area contributed by atoms with Gasteiger partial charge in [-0.25, -0.2) is 4.39 Å². The predicted molar refractivity (Wildman–Crippen MR) is 107 cm³/mol. The molecule has 0 radical (unpaired) electrons.